The van der Waals surface area contributed by atoms with E-state index in [1.165, 1.54) is 12.5 Å². The highest BCUT2D eigenvalue weighted by Gasteiger charge is 2.12. The molecular weight excluding hydrogens is 354 g/mol. The lowest BCUT2D eigenvalue weighted by molar-refractivity contribution is 0.0990. The van der Waals surface area contributed by atoms with E-state index in [0.717, 1.165) is 18.6 Å². The molecule has 0 fully saturated rings. The number of hydrogen-bond donors (Lipinski definition) is 1. The minimum absolute atomic E-state index is 0.0199. The first kappa shape index (κ1) is 19.4. The Kier molecular flexibility index (Phi) is 6.27. The van der Waals surface area contributed by atoms with Crippen molar-refractivity contribution < 1.29 is 18.7 Å². The van der Waals surface area contributed by atoms with Gasteiger partial charge in [-0.2, -0.15) is 0 Å². The van der Waals surface area contributed by atoms with Gasteiger partial charge in [0.15, 0.2) is 11.5 Å². The van der Waals surface area contributed by atoms with Crippen LogP contribution in [0, 0.1) is 0 Å². The number of amides is 1. The van der Waals surface area contributed by atoms with Gasteiger partial charge in [-0.3, -0.25) is 9.59 Å². The normalized spacial score (nSPS) is 10.5. The molecule has 0 bridgehead atoms. The third kappa shape index (κ3) is 5.10. The Morgan fingerprint density at radius 1 is 0.964 bits per heavy atom. The number of furan rings is 1. The van der Waals surface area contributed by atoms with Gasteiger partial charge >= 0.3 is 0 Å². The van der Waals surface area contributed by atoms with E-state index < -0.39 is 0 Å². The Morgan fingerprint density at radius 3 is 2.32 bits per heavy atom. The molecule has 3 aromatic rings. The van der Waals surface area contributed by atoms with Gasteiger partial charge in [0.25, 0.3) is 5.91 Å². The summed E-state index contributed by atoms with van der Waals surface area (Å²) < 4.78 is 11.3. The van der Waals surface area contributed by atoms with Crippen LogP contribution in [-0.2, 0) is 13.0 Å². The molecule has 0 spiro atoms. The molecule has 0 unspecified atom stereocenters. The van der Waals surface area contributed by atoms with E-state index in [1.54, 1.807) is 36.4 Å². The first-order valence-electron chi connectivity index (χ1n) is 9.28. The Labute approximate surface area is 164 Å². The van der Waals surface area contributed by atoms with E-state index in [2.05, 4.69) is 24.4 Å². The summed E-state index contributed by atoms with van der Waals surface area (Å²) in [5.41, 5.74) is 2.47. The molecule has 0 saturated heterocycles. The zero-order valence-electron chi connectivity index (χ0n) is 16.0. The predicted octanol–water partition coefficient (Wildman–Crippen LogP) is 5.27. The van der Waals surface area contributed by atoms with Crippen LogP contribution in [0.1, 0.15) is 52.5 Å². The van der Waals surface area contributed by atoms with Gasteiger partial charge in [-0.25, -0.2) is 0 Å². The highest BCUT2D eigenvalue weighted by Crippen LogP contribution is 2.17. The molecule has 0 atom stereocenters. The maximum atomic E-state index is 12.3. The van der Waals surface area contributed by atoms with Crippen LogP contribution in [0.3, 0.4) is 0 Å². The molecule has 0 aliphatic rings. The molecule has 1 aromatic heterocycles. The van der Waals surface area contributed by atoms with Crippen molar-refractivity contribution >= 4 is 17.4 Å². The Balaban J connectivity index is 1.55. The molecular formula is C23H23NO4. The SMILES string of the molecule is CCCc1ccc(OCc2ccc(C(=O)Nc3ccc(C(C)=O)cc3)o2)cc1. The van der Waals surface area contributed by atoms with Crippen molar-refractivity contribution in [1.82, 2.24) is 0 Å². The van der Waals surface area contributed by atoms with E-state index in [0.29, 0.717) is 17.0 Å². The van der Waals surface area contributed by atoms with Crippen molar-refractivity contribution in [2.75, 3.05) is 5.32 Å². The maximum absolute atomic E-state index is 12.3. The monoisotopic (exact) mass is 377 g/mol. The van der Waals surface area contributed by atoms with Crippen molar-refractivity contribution in [3.05, 3.63) is 83.3 Å². The molecule has 3 rings (SSSR count). The summed E-state index contributed by atoms with van der Waals surface area (Å²) in [6.45, 7) is 3.89. The molecule has 28 heavy (non-hydrogen) atoms. The van der Waals surface area contributed by atoms with Gasteiger partial charge in [-0.1, -0.05) is 25.5 Å². The molecule has 0 radical (unpaired) electrons. The minimum Gasteiger partial charge on any atom is -0.486 e. The summed E-state index contributed by atoms with van der Waals surface area (Å²) >= 11 is 0. The lowest BCUT2D eigenvalue weighted by Crippen LogP contribution is -2.11. The number of carbonyl (C=O) groups is 2. The fraction of sp³-hybridized carbons (Fsp3) is 0.217. The highest BCUT2D eigenvalue weighted by molar-refractivity contribution is 6.02. The van der Waals surface area contributed by atoms with Crippen molar-refractivity contribution in [3.63, 3.8) is 0 Å². The summed E-state index contributed by atoms with van der Waals surface area (Å²) in [4.78, 5) is 23.6. The summed E-state index contributed by atoms with van der Waals surface area (Å²) in [5.74, 6) is 1.15. The van der Waals surface area contributed by atoms with Gasteiger partial charge in [0, 0.05) is 11.3 Å². The van der Waals surface area contributed by atoms with Gasteiger partial charge < -0.3 is 14.5 Å². The predicted molar refractivity (Wildman–Crippen MR) is 108 cm³/mol. The van der Waals surface area contributed by atoms with Crippen LogP contribution in [-0.4, -0.2) is 11.7 Å². The molecule has 144 valence electrons. The summed E-state index contributed by atoms with van der Waals surface area (Å²) in [5, 5.41) is 2.74. The van der Waals surface area contributed by atoms with Crippen LogP contribution in [0.25, 0.3) is 0 Å². The van der Waals surface area contributed by atoms with Crippen molar-refractivity contribution in [1.29, 1.82) is 0 Å². The first-order valence-corrected chi connectivity index (χ1v) is 9.28. The number of aryl methyl sites for hydroxylation is 1. The molecule has 1 N–H and O–H groups in total. The number of anilines is 1. The number of ether oxygens (including phenoxy) is 1. The number of benzene rings is 2. The van der Waals surface area contributed by atoms with Crippen LogP contribution in [0.2, 0.25) is 0 Å². The molecule has 5 nitrogen and oxygen atoms in total. The third-order valence-electron chi connectivity index (χ3n) is 4.28. The fourth-order valence-corrected chi connectivity index (χ4v) is 2.75. The molecule has 0 saturated carbocycles. The summed E-state index contributed by atoms with van der Waals surface area (Å²) in [7, 11) is 0. The second-order valence-electron chi connectivity index (χ2n) is 6.54. The number of Topliss-reactive ketones (excluding diaryl/α,β-unsaturated/α-hetero) is 1. The summed E-state index contributed by atoms with van der Waals surface area (Å²) in [6.07, 6.45) is 2.16. The Bertz CT molecular complexity index is 939. The van der Waals surface area contributed by atoms with Crippen LogP contribution in [0.15, 0.2) is 65.1 Å². The summed E-state index contributed by atoms with van der Waals surface area (Å²) in [6, 6.07) is 18.0. The number of hydrogen-bond acceptors (Lipinski definition) is 4. The largest absolute Gasteiger partial charge is 0.486 e. The lowest BCUT2D eigenvalue weighted by Gasteiger charge is -2.06. The maximum Gasteiger partial charge on any atom is 0.291 e. The second kappa shape index (κ2) is 9.04. The number of nitrogens with one attached hydrogen (secondary N) is 1. The highest BCUT2D eigenvalue weighted by atomic mass is 16.5. The standard InChI is InChI=1S/C23H23NO4/c1-3-4-17-5-11-20(12-6-17)27-15-21-13-14-22(28-21)23(26)24-19-9-7-18(8-10-19)16(2)25/h5-14H,3-4,15H2,1-2H3,(H,24,26). The Hall–Kier alpha value is -3.34. The molecule has 1 heterocycles. The van der Waals surface area contributed by atoms with E-state index in [-0.39, 0.29) is 24.1 Å². The molecule has 5 heteroatoms. The second-order valence-corrected chi connectivity index (χ2v) is 6.54. The van der Waals surface area contributed by atoms with Gasteiger partial charge in [-0.15, -0.1) is 0 Å². The topological polar surface area (TPSA) is 68.5 Å². The minimum atomic E-state index is -0.356. The molecule has 0 aliphatic heterocycles. The lowest BCUT2D eigenvalue weighted by atomic mass is 10.1. The van der Waals surface area contributed by atoms with E-state index in [1.807, 2.05) is 12.1 Å². The van der Waals surface area contributed by atoms with Crippen LogP contribution >= 0.6 is 0 Å². The van der Waals surface area contributed by atoms with E-state index >= 15 is 0 Å². The smallest absolute Gasteiger partial charge is 0.291 e. The van der Waals surface area contributed by atoms with Gasteiger partial charge in [0.05, 0.1) is 0 Å². The van der Waals surface area contributed by atoms with E-state index in [9.17, 15) is 9.59 Å². The quantitative estimate of drug-likeness (QED) is 0.543. The van der Waals surface area contributed by atoms with Gasteiger partial charge in [-0.05, 0) is 67.4 Å². The average Bonchev–Trinajstić information content (AvgIpc) is 3.17. The Morgan fingerprint density at radius 2 is 1.68 bits per heavy atom. The number of ketones is 1. The fourth-order valence-electron chi connectivity index (χ4n) is 2.75. The van der Waals surface area contributed by atoms with E-state index in [4.69, 9.17) is 9.15 Å². The van der Waals surface area contributed by atoms with Gasteiger partial charge in [0.1, 0.15) is 18.1 Å². The molecule has 1 amide bonds. The molecule has 2 aromatic carbocycles. The van der Waals surface area contributed by atoms with Crippen molar-refractivity contribution in [2.24, 2.45) is 0 Å². The average molecular weight is 377 g/mol. The van der Waals surface area contributed by atoms with Crippen LogP contribution in [0.5, 0.6) is 5.75 Å². The zero-order chi connectivity index (χ0) is 19.9. The molecule has 0 aliphatic carbocycles. The number of carbonyl (C=O) groups excluding carboxylic acids is 2. The van der Waals surface area contributed by atoms with Crippen LogP contribution < -0.4 is 10.1 Å². The van der Waals surface area contributed by atoms with Crippen molar-refractivity contribution in [3.8, 4) is 5.75 Å². The van der Waals surface area contributed by atoms with Crippen molar-refractivity contribution in [2.45, 2.75) is 33.3 Å². The zero-order valence-corrected chi connectivity index (χ0v) is 16.0. The van der Waals surface area contributed by atoms with Gasteiger partial charge in [0.2, 0.25) is 0 Å². The third-order valence-corrected chi connectivity index (χ3v) is 4.28. The first-order chi connectivity index (χ1) is 13.5. The number of rotatable bonds is 8. The van der Waals surface area contributed by atoms with Crippen LogP contribution in [0.4, 0.5) is 5.69 Å².